The molecule has 2 aromatic heterocycles. The first kappa shape index (κ1) is 17.3. The molecule has 7 nitrogen and oxygen atoms in total. The second-order valence-electron chi connectivity index (χ2n) is 5.18. The number of benzene rings is 1. The van der Waals surface area contributed by atoms with E-state index >= 15 is 0 Å². The number of hydrogen-bond donors (Lipinski definition) is 1. The van der Waals surface area contributed by atoms with E-state index in [1.165, 1.54) is 17.9 Å². The van der Waals surface area contributed by atoms with Gasteiger partial charge in [0.25, 0.3) is 0 Å². The second-order valence-corrected chi connectivity index (χ2v) is 5.62. The lowest BCUT2D eigenvalue weighted by Gasteiger charge is -2.14. The quantitative estimate of drug-likeness (QED) is 0.706. The number of halogens is 1. The molecule has 0 unspecified atom stereocenters. The molecule has 0 aliphatic carbocycles. The van der Waals surface area contributed by atoms with Gasteiger partial charge in [0, 0.05) is 17.4 Å². The fraction of sp³-hybridized carbons (Fsp3) is 0.0556. The van der Waals surface area contributed by atoms with Gasteiger partial charge in [-0.05, 0) is 30.3 Å². The van der Waals surface area contributed by atoms with Gasteiger partial charge in [0.05, 0.1) is 30.2 Å². The molecule has 0 bridgehead atoms. The summed E-state index contributed by atoms with van der Waals surface area (Å²) in [5.74, 6) is 0.208. The van der Waals surface area contributed by atoms with Crippen molar-refractivity contribution in [2.24, 2.45) is 0 Å². The SMILES string of the molecule is COC(=O)c1c(N)c(C#N)cn1-c1cc(Cl)ccc1Oc1cccnc1. The van der Waals surface area contributed by atoms with Crippen LogP contribution >= 0.6 is 11.6 Å². The smallest absolute Gasteiger partial charge is 0.357 e. The summed E-state index contributed by atoms with van der Waals surface area (Å²) in [5, 5.41) is 9.67. The van der Waals surface area contributed by atoms with E-state index in [0.29, 0.717) is 22.2 Å². The molecule has 3 aromatic rings. The lowest BCUT2D eigenvalue weighted by molar-refractivity contribution is 0.0593. The van der Waals surface area contributed by atoms with Crippen molar-refractivity contribution in [3.05, 3.63) is 65.2 Å². The summed E-state index contributed by atoms with van der Waals surface area (Å²) in [6.45, 7) is 0. The molecule has 0 fully saturated rings. The molecule has 0 aliphatic rings. The first-order valence-electron chi connectivity index (χ1n) is 7.42. The van der Waals surface area contributed by atoms with Crippen molar-refractivity contribution in [1.82, 2.24) is 9.55 Å². The molecule has 0 aliphatic heterocycles. The van der Waals surface area contributed by atoms with Crippen LogP contribution in [0.2, 0.25) is 5.02 Å². The van der Waals surface area contributed by atoms with Gasteiger partial charge in [-0.3, -0.25) is 4.98 Å². The molecule has 26 heavy (non-hydrogen) atoms. The average molecular weight is 369 g/mol. The third-order valence-corrected chi connectivity index (χ3v) is 3.82. The molecule has 1 aromatic carbocycles. The molecule has 8 heteroatoms. The summed E-state index contributed by atoms with van der Waals surface area (Å²) in [6.07, 6.45) is 4.60. The van der Waals surface area contributed by atoms with Crippen molar-refractivity contribution in [1.29, 1.82) is 5.26 Å². The number of hydrogen-bond acceptors (Lipinski definition) is 6. The topological polar surface area (TPSA) is 103 Å². The highest BCUT2D eigenvalue weighted by atomic mass is 35.5. The molecule has 0 amide bonds. The van der Waals surface area contributed by atoms with E-state index in [2.05, 4.69) is 4.98 Å². The summed E-state index contributed by atoms with van der Waals surface area (Å²) in [5.41, 5.74) is 6.54. The predicted molar refractivity (Wildman–Crippen MR) is 95.6 cm³/mol. The number of esters is 1. The van der Waals surface area contributed by atoms with Crippen molar-refractivity contribution in [2.75, 3.05) is 12.8 Å². The predicted octanol–water partition coefficient (Wildman–Crippen LogP) is 3.56. The summed E-state index contributed by atoms with van der Waals surface area (Å²) in [6, 6.07) is 10.3. The highest BCUT2D eigenvalue weighted by molar-refractivity contribution is 6.30. The number of methoxy groups -OCH3 is 1. The van der Waals surface area contributed by atoms with Crippen LogP contribution in [0.25, 0.3) is 5.69 Å². The largest absolute Gasteiger partial charge is 0.464 e. The zero-order valence-electron chi connectivity index (χ0n) is 13.6. The van der Waals surface area contributed by atoms with Crippen LogP contribution in [0.15, 0.2) is 48.9 Å². The van der Waals surface area contributed by atoms with Gasteiger partial charge in [-0.1, -0.05) is 11.6 Å². The fourth-order valence-electron chi connectivity index (χ4n) is 2.40. The Labute approximate surface area is 154 Å². The molecular weight excluding hydrogens is 356 g/mol. The van der Waals surface area contributed by atoms with E-state index in [1.807, 2.05) is 6.07 Å². The zero-order valence-corrected chi connectivity index (χ0v) is 14.4. The first-order valence-corrected chi connectivity index (χ1v) is 7.80. The minimum Gasteiger partial charge on any atom is -0.464 e. The van der Waals surface area contributed by atoms with Gasteiger partial charge in [-0.2, -0.15) is 5.26 Å². The number of ether oxygens (including phenoxy) is 2. The van der Waals surface area contributed by atoms with Crippen LogP contribution in [-0.2, 0) is 4.74 Å². The van der Waals surface area contributed by atoms with Crippen LogP contribution in [0.3, 0.4) is 0 Å². The van der Waals surface area contributed by atoms with Crippen LogP contribution in [0.1, 0.15) is 16.1 Å². The molecule has 0 saturated heterocycles. The van der Waals surface area contributed by atoms with E-state index in [0.717, 1.165) is 0 Å². The Morgan fingerprint density at radius 2 is 2.19 bits per heavy atom. The second kappa shape index (κ2) is 7.17. The van der Waals surface area contributed by atoms with Gasteiger partial charge in [0.1, 0.15) is 11.8 Å². The van der Waals surface area contributed by atoms with E-state index in [-0.39, 0.29) is 16.9 Å². The monoisotopic (exact) mass is 368 g/mol. The van der Waals surface area contributed by atoms with Crippen LogP contribution in [-0.4, -0.2) is 22.6 Å². The summed E-state index contributed by atoms with van der Waals surface area (Å²) < 4.78 is 12.1. The molecule has 0 radical (unpaired) electrons. The Kier molecular flexibility index (Phi) is 4.78. The van der Waals surface area contributed by atoms with Crippen LogP contribution in [0.4, 0.5) is 5.69 Å². The number of nitrogens with two attached hydrogens (primary N) is 1. The minimum absolute atomic E-state index is 0.0161. The molecule has 2 heterocycles. The van der Waals surface area contributed by atoms with Crippen molar-refractivity contribution < 1.29 is 14.3 Å². The lowest BCUT2D eigenvalue weighted by Crippen LogP contribution is -2.11. The van der Waals surface area contributed by atoms with Crippen LogP contribution < -0.4 is 10.5 Å². The molecule has 2 N–H and O–H groups in total. The third-order valence-electron chi connectivity index (χ3n) is 3.59. The maximum Gasteiger partial charge on any atom is 0.357 e. The highest BCUT2D eigenvalue weighted by Gasteiger charge is 2.23. The Bertz CT molecular complexity index is 1010. The maximum atomic E-state index is 12.2. The van der Waals surface area contributed by atoms with Crippen molar-refractivity contribution in [3.63, 3.8) is 0 Å². The number of nitrogens with zero attached hydrogens (tertiary/aromatic N) is 3. The lowest BCUT2D eigenvalue weighted by atomic mass is 10.2. The van der Waals surface area contributed by atoms with E-state index in [1.54, 1.807) is 42.7 Å². The normalized spacial score (nSPS) is 10.2. The maximum absolute atomic E-state index is 12.2. The minimum atomic E-state index is -0.684. The molecule has 0 saturated carbocycles. The molecule has 3 rings (SSSR count). The van der Waals surface area contributed by atoms with E-state index < -0.39 is 5.97 Å². The Balaban J connectivity index is 2.20. The number of rotatable bonds is 4. The molecule has 130 valence electrons. The Morgan fingerprint density at radius 3 is 2.85 bits per heavy atom. The van der Waals surface area contributed by atoms with Gasteiger partial charge in [-0.15, -0.1) is 0 Å². The average Bonchev–Trinajstić information content (AvgIpc) is 2.99. The summed E-state index contributed by atoms with van der Waals surface area (Å²) in [7, 11) is 1.23. The van der Waals surface area contributed by atoms with Crippen LogP contribution in [0, 0.1) is 11.3 Å². The van der Waals surface area contributed by atoms with Gasteiger partial charge < -0.3 is 19.8 Å². The molecule has 0 spiro atoms. The molecular formula is C18H13ClN4O3. The van der Waals surface area contributed by atoms with Crippen molar-refractivity contribution >= 4 is 23.3 Å². The Hall–Kier alpha value is -3.50. The van der Waals surface area contributed by atoms with Gasteiger partial charge in [0.15, 0.2) is 11.4 Å². The van der Waals surface area contributed by atoms with Crippen molar-refractivity contribution in [3.8, 4) is 23.3 Å². The number of pyridine rings is 1. The third kappa shape index (κ3) is 3.18. The highest BCUT2D eigenvalue weighted by Crippen LogP contribution is 2.34. The number of nitrogen functional groups attached to an aromatic ring is 1. The molecule has 0 atom stereocenters. The standard InChI is InChI=1S/C18H13ClN4O3/c1-25-18(24)17-16(21)11(8-20)10-23(17)14-7-12(19)4-5-15(14)26-13-3-2-6-22-9-13/h2-7,9-10H,21H2,1H3. The van der Waals surface area contributed by atoms with E-state index in [4.69, 9.17) is 26.8 Å². The van der Waals surface area contributed by atoms with Gasteiger partial charge in [-0.25, -0.2) is 4.79 Å². The Morgan fingerprint density at radius 1 is 1.38 bits per heavy atom. The van der Waals surface area contributed by atoms with Crippen LogP contribution in [0.5, 0.6) is 11.5 Å². The van der Waals surface area contributed by atoms with E-state index in [9.17, 15) is 10.1 Å². The number of carbonyl (C=O) groups excluding carboxylic acids is 1. The fourth-order valence-corrected chi connectivity index (χ4v) is 2.57. The van der Waals surface area contributed by atoms with Gasteiger partial charge >= 0.3 is 5.97 Å². The first-order chi connectivity index (χ1) is 12.5. The van der Waals surface area contributed by atoms with Crippen molar-refractivity contribution in [2.45, 2.75) is 0 Å². The number of anilines is 1. The number of nitriles is 1. The number of aromatic nitrogens is 2. The summed E-state index contributed by atoms with van der Waals surface area (Å²) in [4.78, 5) is 16.2. The zero-order chi connectivity index (χ0) is 18.7. The summed E-state index contributed by atoms with van der Waals surface area (Å²) >= 11 is 6.12. The van der Waals surface area contributed by atoms with Gasteiger partial charge in [0.2, 0.25) is 0 Å². The number of carbonyl (C=O) groups is 1.